The molecule has 110 valence electrons. The third-order valence-corrected chi connectivity index (χ3v) is 3.56. The average Bonchev–Trinajstić information content (AvgIpc) is 2.31. The number of nitrogens with zero attached hydrogens (tertiary/aromatic N) is 2. The summed E-state index contributed by atoms with van der Waals surface area (Å²) in [5, 5.41) is 3.34. The summed E-state index contributed by atoms with van der Waals surface area (Å²) in [5.74, 6) is 0.0888. The molecule has 0 fully saturated rings. The quantitative estimate of drug-likeness (QED) is 0.641. The highest BCUT2D eigenvalue weighted by Gasteiger charge is 2.20. The Balaban J connectivity index is 2.56. The van der Waals surface area contributed by atoms with Crippen LogP contribution in [0.25, 0.3) is 0 Å². The topological polar surface area (TPSA) is 72.0 Å². The highest BCUT2D eigenvalue weighted by Crippen LogP contribution is 2.14. The molecule has 0 bridgehead atoms. The molecule has 1 unspecified atom stereocenters. The molecule has 1 amide bonds. The molecule has 0 aliphatic carbocycles. The van der Waals surface area contributed by atoms with Gasteiger partial charge in [0.25, 0.3) is 0 Å². The minimum Gasteiger partial charge on any atom is -0.345 e. The maximum atomic E-state index is 11.9. The number of amides is 1. The molecule has 1 aromatic heterocycles. The Kier molecular flexibility index (Phi) is 6.13. The number of ketones is 1. The highest BCUT2D eigenvalue weighted by molar-refractivity contribution is 7.99. The summed E-state index contributed by atoms with van der Waals surface area (Å²) in [5.41, 5.74) is 1.76. The van der Waals surface area contributed by atoms with E-state index >= 15 is 0 Å². The summed E-state index contributed by atoms with van der Waals surface area (Å²) in [7, 11) is 0. The van der Waals surface area contributed by atoms with Crippen LogP contribution in [-0.4, -0.2) is 33.5 Å². The summed E-state index contributed by atoms with van der Waals surface area (Å²) in [6, 6.07) is 1.46. The van der Waals surface area contributed by atoms with Gasteiger partial charge in [0, 0.05) is 11.4 Å². The fourth-order valence-electron chi connectivity index (χ4n) is 1.84. The molecule has 1 aromatic rings. The fraction of sp³-hybridized carbons (Fsp3) is 0.571. The monoisotopic (exact) mass is 295 g/mol. The summed E-state index contributed by atoms with van der Waals surface area (Å²) in [6.07, 6.45) is 0. The van der Waals surface area contributed by atoms with Crippen LogP contribution in [0.15, 0.2) is 11.2 Å². The van der Waals surface area contributed by atoms with Gasteiger partial charge in [0.05, 0.1) is 11.8 Å². The lowest BCUT2D eigenvalue weighted by Crippen LogP contribution is -2.44. The van der Waals surface area contributed by atoms with Gasteiger partial charge >= 0.3 is 0 Å². The largest absolute Gasteiger partial charge is 0.345 e. The van der Waals surface area contributed by atoms with Crippen molar-refractivity contribution in [3.8, 4) is 0 Å². The van der Waals surface area contributed by atoms with Crippen LogP contribution in [0.4, 0.5) is 0 Å². The highest BCUT2D eigenvalue weighted by atomic mass is 32.2. The van der Waals surface area contributed by atoms with Crippen LogP contribution in [0, 0.1) is 19.8 Å². The normalized spacial score (nSPS) is 12.3. The second-order valence-corrected chi connectivity index (χ2v) is 6.06. The van der Waals surface area contributed by atoms with Gasteiger partial charge in [0.1, 0.15) is 0 Å². The van der Waals surface area contributed by atoms with Crippen LogP contribution >= 0.6 is 11.8 Å². The Morgan fingerprint density at radius 3 is 2.25 bits per heavy atom. The molecule has 0 saturated carbocycles. The van der Waals surface area contributed by atoms with E-state index in [1.807, 2.05) is 33.8 Å². The number of Topliss-reactive ketones (excluding diaryl/α,β-unsaturated/α-hetero) is 1. The number of carbonyl (C=O) groups excluding carboxylic acids is 2. The summed E-state index contributed by atoms with van der Waals surface area (Å²) >= 11 is 1.28. The molecule has 1 N–H and O–H groups in total. The number of nitrogens with one attached hydrogen (secondary N) is 1. The van der Waals surface area contributed by atoms with Crippen LogP contribution in [0.1, 0.15) is 32.2 Å². The molecular formula is C14H21N3O2S. The molecule has 0 radical (unpaired) electrons. The summed E-state index contributed by atoms with van der Waals surface area (Å²) in [6.45, 7) is 9.09. The third kappa shape index (κ3) is 5.28. The number of aryl methyl sites for hydroxylation is 2. The van der Waals surface area contributed by atoms with Gasteiger partial charge in [-0.2, -0.15) is 0 Å². The van der Waals surface area contributed by atoms with Gasteiger partial charge in [0.2, 0.25) is 5.91 Å². The minimum atomic E-state index is -0.428. The van der Waals surface area contributed by atoms with E-state index in [1.54, 1.807) is 0 Å². The zero-order chi connectivity index (χ0) is 15.3. The van der Waals surface area contributed by atoms with E-state index in [-0.39, 0.29) is 23.4 Å². The molecule has 0 aliphatic heterocycles. The SMILES string of the molecule is CC(=O)C(NC(=O)CSc1nc(C)cc(C)n1)C(C)C. The van der Waals surface area contributed by atoms with E-state index in [0.29, 0.717) is 5.16 Å². The number of hydrogen-bond donors (Lipinski definition) is 1. The smallest absolute Gasteiger partial charge is 0.231 e. The zero-order valence-electron chi connectivity index (χ0n) is 12.6. The number of thioether (sulfide) groups is 1. The molecule has 20 heavy (non-hydrogen) atoms. The van der Waals surface area contributed by atoms with Crippen molar-refractivity contribution in [3.05, 3.63) is 17.5 Å². The molecular weight excluding hydrogens is 274 g/mol. The predicted octanol–water partition coefficient (Wildman–Crippen LogP) is 1.92. The van der Waals surface area contributed by atoms with Crippen LogP contribution in [0.5, 0.6) is 0 Å². The fourth-order valence-corrected chi connectivity index (χ4v) is 2.60. The van der Waals surface area contributed by atoms with E-state index in [0.717, 1.165) is 11.4 Å². The van der Waals surface area contributed by atoms with Crippen molar-refractivity contribution in [2.75, 3.05) is 5.75 Å². The first-order valence-corrected chi connectivity index (χ1v) is 7.53. The first-order chi connectivity index (χ1) is 9.29. The van der Waals surface area contributed by atoms with Crippen LogP contribution in [0.2, 0.25) is 0 Å². The molecule has 6 heteroatoms. The van der Waals surface area contributed by atoms with Crippen LogP contribution < -0.4 is 5.32 Å². The maximum absolute atomic E-state index is 11.9. The second kappa shape index (κ2) is 7.38. The van der Waals surface area contributed by atoms with Gasteiger partial charge in [-0.1, -0.05) is 25.6 Å². The molecule has 1 heterocycles. The second-order valence-electron chi connectivity index (χ2n) is 5.12. The Morgan fingerprint density at radius 2 is 1.80 bits per heavy atom. The van der Waals surface area contributed by atoms with Crippen molar-refractivity contribution >= 4 is 23.5 Å². The van der Waals surface area contributed by atoms with Crippen molar-refractivity contribution in [3.63, 3.8) is 0 Å². The van der Waals surface area contributed by atoms with Crippen molar-refractivity contribution in [2.45, 2.75) is 45.8 Å². The van der Waals surface area contributed by atoms with Crippen molar-refractivity contribution in [1.29, 1.82) is 0 Å². The molecule has 0 aromatic carbocycles. The first kappa shape index (κ1) is 16.6. The van der Waals surface area contributed by atoms with Crippen molar-refractivity contribution in [1.82, 2.24) is 15.3 Å². The van der Waals surface area contributed by atoms with E-state index in [4.69, 9.17) is 0 Å². The number of aromatic nitrogens is 2. The number of hydrogen-bond acceptors (Lipinski definition) is 5. The number of carbonyl (C=O) groups is 2. The Hall–Kier alpha value is -1.43. The standard InChI is InChI=1S/C14H21N3O2S/c1-8(2)13(11(5)18)17-12(19)7-20-14-15-9(3)6-10(4)16-14/h6,8,13H,7H2,1-5H3,(H,17,19). The van der Waals surface area contributed by atoms with Crippen LogP contribution in [0.3, 0.4) is 0 Å². The summed E-state index contributed by atoms with van der Waals surface area (Å²) < 4.78 is 0. The van der Waals surface area contributed by atoms with Gasteiger partial charge in [-0.05, 0) is 32.8 Å². The Morgan fingerprint density at radius 1 is 1.25 bits per heavy atom. The Labute approximate surface area is 124 Å². The van der Waals surface area contributed by atoms with Crippen molar-refractivity contribution < 1.29 is 9.59 Å². The molecule has 5 nitrogen and oxygen atoms in total. The Bertz CT molecular complexity index is 483. The lowest BCUT2D eigenvalue weighted by molar-refractivity contribution is -0.126. The van der Waals surface area contributed by atoms with Gasteiger partial charge in [-0.15, -0.1) is 0 Å². The lowest BCUT2D eigenvalue weighted by atomic mass is 10.0. The third-order valence-electron chi connectivity index (χ3n) is 2.72. The van der Waals surface area contributed by atoms with E-state index in [2.05, 4.69) is 15.3 Å². The van der Waals surface area contributed by atoms with Gasteiger partial charge in [-0.3, -0.25) is 9.59 Å². The van der Waals surface area contributed by atoms with Gasteiger partial charge < -0.3 is 5.32 Å². The van der Waals surface area contributed by atoms with E-state index in [1.165, 1.54) is 18.7 Å². The molecule has 0 spiro atoms. The molecule has 0 aliphatic rings. The molecule has 1 atom stereocenters. The first-order valence-electron chi connectivity index (χ1n) is 6.54. The van der Waals surface area contributed by atoms with Gasteiger partial charge in [-0.25, -0.2) is 9.97 Å². The summed E-state index contributed by atoms with van der Waals surface area (Å²) in [4.78, 5) is 31.8. The van der Waals surface area contributed by atoms with Crippen molar-refractivity contribution in [2.24, 2.45) is 5.92 Å². The van der Waals surface area contributed by atoms with E-state index in [9.17, 15) is 9.59 Å². The zero-order valence-corrected chi connectivity index (χ0v) is 13.4. The molecule has 1 rings (SSSR count). The maximum Gasteiger partial charge on any atom is 0.231 e. The van der Waals surface area contributed by atoms with Gasteiger partial charge in [0.15, 0.2) is 10.9 Å². The predicted molar refractivity (Wildman–Crippen MR) is 79.7 cm³/mol. The minimum absolute atomic E-state index is 0.0269. The van der Waals surface area contributed by atoms with E-state index < -0.39 is 6.04 Å². The number of rotatable bonds is 6. The van der Waals surface area contributed by atoms with Crippen LogP contribution in [-0.2, 0) is 9.59 Å². The molecule has 0 saturated heterocycles. The lowest BCUT2D eigenvalue weighted by Gasteiger charge is -2.19. The average molecular weight is 295 g/mol.